The third-order valence-corrected chi connectivity index (χ3v) is 2.07. The van der Waals surface area contributed by atoms with Gasteiger partial charge in [0.2, 0.25) is 11.8 Å². The standard InChI is InChI=1S/C10H16N2O6/c1-5(11-6(2)13)9(16)12-7(10(17)18)3-4-8(14)15/h5,7H,3-4H2,1-2H3,(H,11,13)(H,12,16)(H,14,15)(H,17,18)/t5-,7-/m0/s1/i11+1. The van der Waals surface area contributed by atoms with Crippen LogP contribution in [0.15, 0.2) is 0 Å². The van der Waals surface area contributed by atoms with Gasteiger partial charge in [-0.05, 0) is 13.3 Å². The Labute approximate surface area is 103 Å². The summed E-state index contributed by atoms with van der Waals surface area (Å²) in [5.74, 6) is -3.57. The minimum atomic E-state index is -1.32. The maximum Gasteiger partial charge on any atom is 0.326 e. The lowest BCUT2D eigenvalue weighted by Crippen LogP contribution is -2.50. The van der Waals surface area contributed by atoms with E-state index in [-0.39, 0.29) is 12.8 Å². The van der Waals surface area contributed by atoms with Crippen LogP contribution in [0.4, 0.5) is 0 Å². The Bertz CT molecular complexity index is 354. The third kappa shape index (κ3) is 6.46. The van der Waals surface area contributed by atoms with E-state index in [0.29, 0.717) is 0 Å². The molecular weight excluding hydrogens is 245 g/mol. The molecule has 0 unspecified atom stereocenters. The highest BCUT2D eigenvalue weighted by Crippen LogP contribution is 1.99. The van der Waals surface area contributed by atoms with Crippen LogP contribution in [-0.2, 0) is 19.2 Å². The summed E-state index contributed by atoms with van der Waals surface area (Å²) in [5, 5.41) is 21.7. The number of hydrogen-bond donors (Lipinski definition) is 4. The molecule has 4 N–H and O–H groups in total. The number of rotatable bonds is 7. The molecule has 102 valence electrons. The van der Waals surface area contributed by atoms with Gasteiger partial charge in [0, 0.05) is 13.3 Å². The summed E-state index contributed by atoms with van der Waals surface area (Å²) in [5.41, 5.74) is 0. The molecule has 0 bridgehead atoms. The van der Waals surface area contributed by atoms with Crippen LogP contribution >= 0.6 is 0 Å². The Kier molecular flexibility index (Phi) is 6.40. The maximum absolute atomic E-state index is 11.5. The number of carbonyl (C=O) groups is 4. The Balaban J connectivity index is 4.40. The zero-order valence-corrected chi connectivity index (χ0v) is 10.1. The van der Waals surface area contributed by atoms with Gasteiger partial charge >= 0.3 is 11.9 Å². The lowest BCUT2D eigenvalue weighted by Gasteiger charge is -2.17. The molecule has 0 rings (SSSR count). The van der Waals surface area contributed by atoms with Gasteiger partial charge in [0.25, 0.3) is 0 Å². The second kappa shape index (κ2) is 7.25. The first-order chi connectivity index (χ1) is 8.23. The van der Waals surface area contributed by atoms with E-state index in [9.17, 15) is 19.2 Å². The Hall–Kier alpha value is -2.12. The highest BCUT2D eigenvalue weighted by atomic mass is 16.4. The van der Waals surface area contributed by atoms with E-state index < -0.39 is 35.8 Å². The number of carbonyl (C=O) groups excluding carboxylic acids is 2. The number of carboxylic acid groups (broad SMARTS) is 2. The predicted octanol–water partition coefficient (Wildman–Crippen LogP) is -1.05. The molecule has 0 radical (unpaired) electrons. The van der Waals surface area contributed by atoms with Crippen LogP contribution in [0.25, 0.3) is 0 Å². The van der Waals surface area contributed by atoms with Gasteiger partial charge in [-0.15, -0.1) is 0 Å². The van der Waals surface area contributed by atoms with Gasteiger partial charge in [-0.1, -0.05) is 0 Å². The van der Waals surface area contributed by atoms with Gasteiger partial charge < -0.3 is 20.8 Å². The van der Waals surface area contributed by atoms with Crippen LogP contribution in [0.1, 0.15) is 26.7 Å². The largest absolute Gasteiger partial charge is 0.481 e. The molecule has 18 heavy (non-hydrogen) atoms. The summed E-state index contributed by atoms with van der Waals surface area (Å²) >= 11 is 0. The predicted molar refractivity (Wildman–Crippen MR) is 59.7 cm³/mol. The van der Waals surface area contributed by atoms with Crippen LogP contribution in [0.3, 0.4) is 0 Å². The summed E-state index contributed by atoms with van der Waals surface area (Å²) < 4.78 is 0. The fourth-order valence-electron chi connectivity index (χ4n) is 1.19. The van der Waals surface area contributed by atoms with Crippen molar-refractivity contribution in [2.24, 2.45) is 0 Å². The fraction of sp³-hybridized carbons (Fsp3) is 0.600. The Morgan fingerprint density at radius 2 is 1.67 bits per heavy atom. The molecule has 0 aromatic carbocycles. The van der Waals surface area contributed by atoms with Crippen molar-refractivity contribution in [2.75, 3.05) is 0 Å². The smallest absolute Gasteiger partial charge is 0.326 e. The molecule has 0 aliphatic heterocycles. The summed E-state index contributed by atoms with van der Waals surface area (Å²) in [4.78, 5) is 43.3. The molecule has 8 heteroatoms. The molecule has 0 aliphatic carbocycles. The number of nitrogens with one attached hydrogen (secondary N) is 2. The van der Waals surface area contributed by atoms with Gasteiger partial charge in [0.05, 0.1) is 0 Å². The van der Waals surface area contributed by atoms with Crippen LogP contribution in [0.5, 0.6) is 0 Å². The Morgan fingerprint density at radius 3 is 2.06 bits per heavy atom. The summed E-state index contributed by atoms with van der Waals surface area (Å²) in [6.45, 7) is 2.62. The fourth-order valence-corrected chi connectivity index (χ4v) is 1.19. The number of aliphatic carboxylic acids is 2. The summed E-state index contributed by atoms with van der Waals surface area (Å²) in [6, 6.07) is -2.17. The maximum atomic E-state index is 11.5. The molecule has 0 aromatic heterocycles. The van der Waals surface area contributed by atoms with Crippen molar-refractivity contribution in [1.29, 1.82) is 0 Å². The monoisotopic (exact) mass is 261 g/mol. The van der Waals surface area contributed by atoms with Crippen molar-refractivity contribution in [3.8, 4) is 0 Å². The second-order valence-corrected chi connectivity index (χ2v) is 3.75. The minimum Gasteiger partial charge on any atom is -0.481 e. The quantitative estimate of drug-likeness (QED) is 0.432. The number of carboxylic acids is 2. The lowest BCUT2D eigenvalue weighted by atomic mass is 10.1. The molecule has 0 saturated heterocycles. The molecule has 0 aliphatic rings. The molecule has 2 atom stereocenters. The number of hydrogen-bond acceptors (Lipinski definition) is 4. The molecular formula is C10H16N2O6. The second-order valence-electron chi connectivity index (χ2n) is 3.75. The van der Waals surface area contributed by atoms with Crippen LogP contribution < -0.4 is 10.6 Å². The van der Waals surface area contributed by atoms with E-state index >= 15 is 0 Å². The molecule has 8 nitrogen and oxygen atoms in total. The van der Waals surface area contributed by atoms with E-state index in [1.165, 1.54) is 13.8 Å². The van der Waals surface area contributed by atoms with Crippen LogP contribution in [0, 0.1) is 0 Å². The topological polar surface area (TPSA) is 133 Å². The molecule has 0 heterocycles. The molecule has 0 saturated carbocycles. The van der Waals surface area contributed by atoms with Gasteiger partial charge in [0.15, 0.2) is 0 Å². The van der Waals surface area contributed by atoms with Crippen molar-refractivity contribution < 1.29 is 29.4 Å². The first kappa shape index (κ1) is 15.9. The van der Waals surface area contributed by atoms with Crippen LogP contribution in [-0.4, -0.2) is 46.0 Å². The zero-order valence-electron chi connectivity index (χ0n) is 10.1. The van der Waals surface area contributed by atoms with Gasteiger partial charge in [-0.3, -0.25) is 14.4 Å². The van der Waals surface area contributed by atoms with Gasteiger partial charge in [0.1, 0.15) is 12.1 Å². The van der Waals surface area contributed by atoms with Crippen LogP contribution in [0.2, 0.25) is 0 Å². The SMILES string of the molecule is CC(=O)[15NH][C@@H](C)C(=O)N[C@@H](CCC(=O)O)C(=O)O. The van der Waals surface area contributed by atoms with Crippen molar-refractivity contribution in [3.05, 3.63) is 0 Å². The average molecular weight is 261 g/mol. The van der Waals surface area contributed by atoms with Crippen molar-refractivity contribution >= 4 is 23.8 Å². The third-order valence-electron chi connectivity index (χ3n) is 2.07. The summed E-state index contributed by atoms with van der Waals surface area (Å²) in [7, 11) is 0. The van der Waals surface area contributed by atoms with Crippen molar-refractivity contribution in [3.63, 3.8) is 0 Å². The highest BCUT2D eigenvalue weighted by Gasteiger charge is 2.23. The highest BCUT2D eigenvalue weighted by molar-refractivity contribution is 5.89. The first-order valence-corrected chi connectivity index (χ1v) is 5.26. The molecule has 0 spiro atoms. The normalized spacial score (nSPS) is 13.2. The Morgan fingerprint density at radius 1 is 1.11 bits per heavy atom. The molecule has 0 aromatic rings. The van der Waals surface area contributed by atoms with E-state index in [1.807, 2.05) is 0 Å². The summed E-state index contributed by atoms with van der Waals surface area (Å²) in [6.07, 6.45) is -0.588. The number of amides is 2. The van der Waals surface area contributed by atoms with Crippen molar-refractivity contribution in [2.45, 2.75) is 38.8 Å². The van der Waals surface area contributed by atoms with E-state index in [0.717, 1.165) is 0 Å². The van der Waals surface area contributed by atoms with Crippen molar-refractivity contribution in [1.82, 2.24) is 10.6 Å². The van der Waals surface area contributed by atoms with E-state index in [1.54, 1.807) is 0 Å². The molecule has 2 amide bonds. The minimum absolute atomic E-state index is 0.219. The van der Waals surface area contributed by atoms with Gasteiger partial charge in [-0.2, -0.15) is 0 Å². The van der Waals surface area contributed by atoms with Gasteiger partial charge in [-0.25, -0.2) is 4.79 Å². The van der Waals surface area contributed by atoms with E-state index in [4.69, 9.17) is 10.2 Å². The first-order valence-electron chi connectivity index (χ1n) is 5.26. The average Bonchev–Trinajstić information content (AvgIpc) is 2.21. The molecule has 0 fully saturated rings. The zero-order chi connectivity index (χ0) is 14.3. The lowest BCUT2D eigenvalue weighted by molar-refractivity contribution is -0.143. The van der Waals surface area contributed by atoms with E-state index in [2.05, 4.69) is 10.6 Å².